The van der Waals surface area contributed by atoms with Gasteiger partial charge in [0.25, 0.3) is 0 Å². The standard InChI is InChI=1S/C23H38N10O5/c24-15(8-4-10-29-22(25)26)19(35)31-13-18(34)32-17(12-14-6-2-1-3-7-14)20(36)33-16(21(37)38)9-5-11-30-23(27)28/h1-3,6-7,15-17H,4-5,8-13,24H2,(H,31,35)(H,32,34)(H,33,36)(H,37,38)(H4,25,26,29)(H4,27,28,30). The van der Waals surface area contributed by atoms with Crippen molar-refractivity contribution in [3.05, 3.63) is 35.9 Å². The summed E-state index contributed by atoms with van der Waals surface area (Å²) in [5.41, 5.74) is 27.6. The number of carboxylic acids is 1. The summed E-state index contributed by atoms with van der Waals surface area (Å²) in [6.07, 6.45) is 1.23. The monoisotopic (exact) mass is 534 g/mol. The number of nitrogens with two attached hydrogens (primary N) is 5. The molecule has 0 spiro atoms. The van der Waals surface area contributed by atoms with E-state index in [9.17, 15) is 24.3 Å². The zero-order chi connectivity index (χ0) is 28.5. The Balaban J connectivity index is 2.75. The summed E-state index contributed by atoms with van der Waals surface area (Å²) in [6.45, 7) is 0.0772. The van der Waals surface area contributed by atoms with Crippen LogP contribution in [0.5, 0.6) is 0 Å². The highest BCUT2D eigenvalue weighted by molar-refractivity contribution is 5.92. The van der Waals surface area contributed by atoms with Gasteiger partial charge in [-0.2, -0.15) is 0 Å². The van der Waals surface area contributed by atoms with Crippen molar-refractivity contribution in [2.45, 2.75) is 50.2 Å². The predicted molar refractivity (Wildman–Crippen MR) is 142 cm³/mol. The minimum absolute atomic E-state index is 0.0607. The lowest BCUT2D eigenvalue weighted by Crippen LogP contribution is -2.54. The Labute approximate surface area is 220 Å². The number of carbonyl (C=O) groups is 4. The first-order valence-electron chi connectivity index (χ1n) is 12.0. The van der Waals surface area contributed by atoms with Gasteiger partial charge in [-0.15, -0.1) is 0 Å². The highest BCUT2D eigenvalue weighted by Gasteiger charge is 2.27. The molecule has 0 saturated carbocycles. The van der Waals surface area contributed by atoms with Crippen LogP contribution in [-0.2, 0) is 25.6 Å². The molecule has 0 aliphatic heterocycles. The molecule has 0 bridgehead atoms. The maximum atomic E-state index is 13.0. The lowest BCUT2D eigenvalue weighted by Gasteiger charge is -2.22. The second-order valence-electron chi connectivity index (χ2n) is 8.43. The third-order valence-corrected chi connectivity index (χ3v) is 5.22. The van der Waals surface area contributed by atoms with Crippen LogP contribution in [0.15, 0.2) is 40.3 Å². The van der Waals surface area contributed by atoms with Crippen molar-refractivity contribution < 1.29 is 24.3 Å². The van der Waals surface area contributed by atoms with Crippen LogP contribution in [0.2, 0.25) is 0 Å². The van der Waals surface area contributed by atoms with E-state index in [1.807, 2.05) is 0 Å². The van der Waals surface area contributed by atoms with Crippen LogP contribution in [0.1, 0.15) is 31.2 Å². The molecular weight excluding hydrogens is 496 g/mol. The summed E-state index contributed by atoms with van der Waals surface area (Å²) in [5, 5.41) is 16.9. The van der Waals surface area contributed by atoms with Gasteiger partial charge in [-0.3, -0.25) is 24.4 Å². The van der Waals surface area contributed by atoms with Gasteiger partial charge in [-0.25, -0.2) is 4.79 Å². The van der Waals surface area contributed by atoms with E-state index in [1.54, 1.807) is 30.3 Å². The van der Waals surface area contributed by atoms with E-state index in [1.165, 1.54) is 0 Å². The minimum atomic E-state index is -1.24. The number of nitrogens with zero attached hydrogens (tertiary/aromatic N) is 2. The second-order valence-corrected chi connectivity index (χ2v) is 8.43. The average Bonchev–Trinajstić information content (AvgIpc) is 2.86. The topological polar surface area (TPSA) is 279 Å². The van der Waals surface area contributed by atoms with Gasteiger partial charge < -0.3 is 49.7 Å². The third kappa shape index (κ3) is 13.6. The molecule has 0 heterocycles. The van der Waals surface area contributed by atoms with Crippen LogP contribution in [0, 0.1) is 0 Å². The molecule has 210 valence electrons. The van der Waals surface area contributed by atoms with E-state index in [0.717, 1.165) is 5.56 Å². The summed E-state index contributed by atoms with van der Waals surface area (Å²) in [4.78, 5) is 57.0. The van der Waals surface area contributed by atoms with Gasteiger partial charge in [0.15, 0.2) is 11.9 Å². The number of hydrogen-bond donors (Lipinski definition) is 9. The van der Waals surface area contributed by atoms with Crippen molar-refractivity contribution in [3.8, 4) is 0 Å². The minimum Gasteiger partial charge on any atom is -0.480 e. The van der Waals surface area contributed by atoms with Crippen molar-refractivity contribution in [1.82, 2.24) is 16.0 Å². The Bertz CT molecular complexity index is 978. The molecule has 38 heavy (non-hydrogen) atoms. The first-order valence-corrected chi connectivity index (χ1v) is 12.0. The molecule has 3 atom stereocenters. The number of nitrogens with one attached hydrogen (secondary N) is 3. The molecule has 1 rings (SSSR count). The number of rotatable bonds is 17. The van der Waals surface area contributed by atoms with Gasteiger partial charge in [0.05, 0.1) is 12.6 Å². The Hall–Kier alpha value is -4.40. The van der Waals surface area contributed by atoms with Gasteiger partial charge in [0.1, 0.15) is 12.1 Å². The van der Waals surface area contributed by atoms with Crippen LogP contribution in [0.25, 0.3) is 0 Å². The number of benzene rings is 1. The maximum Gasteiger partial charge on any atom is 0.326 e. The molecule has 0 saturated heterocycles. The molecule has 14 N–H and O–H groups in total. The smallest absolute Gasteiger partial charge is 0.326 e. The number of aliphatic carboxylic acids is 1. The number of hydrogen-bond acceptors (Lipinski definition) is 7. The quantitative estimate of drug-likeness (QED) is 0.0549. The third-order valence-electron chi connectivity index (χ3n) is 5.22. The summed E-state index contributed by atoms with van der Waals surface area (Å²) in [6, 6.07) is 5.66. The molecule has 1 aromatic carbocycles. The number of carboxylic acid groups (broad SMARTS) is 1. The van der Waals surface area contributed by atoms with Crippen molar-refractivity contribution in [2.24, 2.45) is 38.7 Å². The SMILES string of the molecule is NC(N)=NCCCC(N)C(=O)NCC(=O)NC(Cc1ccccc1)C(=O)NC(CCCN=C(N)N)C(=O)O. The molecule has 0 radical (unpaired) electrons. The Kier molecular flexibility index (Phi) is 14.3. The highest BCUT2D eigenvalue weighted by Crippen LogP contribution is 2.06. The molecular formula is C23H38N10O5. The molecule has 3 amide bonds. The van der Waals surface area contributed by atoms with Gasteiger partial charge in [0, 0.05) is 19.5 Å². The summed E-state index contributed by atoms with van der Waals surface area (Å²) >= 11 is 0. The zero-order valence-electron chi connectivity index (χ0n) is 21.1. The normalized spacial score (nSPS) is 12.8. The fourth-order valence-electron chi connectivity index (χ4n) is 3.29. The van der Waals surface area contributed by atoms with Crippen LogP contribution < -0.4 is 44.6 Å². The fourth-order valence-corrected chi connectivity index (χ4v) is 3.29. The van der Waals surface area contributed by atoms with Gasteiger partial charge >= 0.3 is 5.97 Å². The van der Waals surface area contributed by atoms with E-state index in [0.29, 0.717) is 25.8 Å². The van der Waals surface area contributed by atoms with Crippen LogP contribution in [-0.4, -0.2) is 78.5 Å². The maximum absolute atomic E-state index is 13.0. The predicted octanol–water partition coefficient (Wildman–Crippen LogP) is -3.17. The van der Waals surface area contributed by atoms with Gasteiger partial charge in [0.2, 0.25) is 17.7 Å². The Morgan fingerprint density at radius 3 is 1.95 bits per heavy atom. The number of carbonyl (C=O) groups excluding carboxylic acids is 3. The number of guanidine groups is 2. The molecule has 1 aromatic rings. The van der Waals surface area contributed by atoms with Crippen molar-refractivity contribution >= 4 is 35.6 Å². The molecule has 0 aliphatic carbocycles. The lowest BCUT2D eigenvalue weighted by molar-refractivity contribution is -0.142. The summed E-state index contributed by atoms with van der Waals surface area (Å²) < 4.78 is 0. The number of amides is 3. The summed E-state index contributed by atoms with van der Waals surface area (Å²) in [7, 11) is 0. The van der Waals surface area contributed by atoms with Gasteiger partial charge in [-0.1, -0.05) is 30.3 Å². The largest absolute Gasteiger partial charge is 0.480 e. The van der Waals surface area contributed by atoms with E-state index >= 15 is 0 Å². The zero-order valence-corrected chi connectivity index (χ0v) is 21.1. The first kappa shape index (κ1) is 31.6. The van der Waals surface area contributed by atoms with Crippen molar-refractivity contribution in [2.75, 3.05) is 19.6 Å². The highest BCUT2D eigenvalue weighted by atomic mass is 16.4. The van der Waals surface area contributed by atoms with Crippen LogP contribution in [0.4, 0.5) is 0 Å². The molecule has 3 unspecified atom stereocenters. The van der Waals surface area contributed by atoms with Crippen molar-refractivity contribution in [3.63, 3.8) is 0 Å². The van der Waals surface area contributed by atoms with Gasteiger partial charge in [-0.05, 0) is 31.2 Å². The molecule has 0 aromatic heterocycles. The average molecular weight is 535 g/mol. The van der Waals surface area contributed by atoms with E-state index in [-0.39, 0.29) is 31.3 Å². The number of aliphatic imine (C=N–C) groups is 2. The molecule has 15 nitrogen and oxygen atoms in total. The lowest BCUT2D eigenvalue weighted by atomic mass is 10.0. The second kappa shape index (κ2) is 17.1. The molecule has 15 heteroatoms. The Morgan fingerprint density at radius 2 is 1.39 bits per heavy atom. The molecule has 0 fully saturated rings. The first-order chi connectivity index (χ1) is 18.0. The fraction of sp³-hybridized carbons (Fsp3) is 0.478. The molecule has 0 aliphatic rings. The Morgan fingerprint density at radius 1 is 0.816 bits per heavy atom. The summed E-state index contributed by atoms with van der Waals surface area (Å²) in [5.74, 6) is -3.32. The van der Waals surface area contributed by atoms with E-state index in [4.69, 9.17) is 28.7 Å². The van der Waals surface area contributed by atoms with E-state index in [2.05, 4.69) is 25.9 Å². The van der Waals surface area contributed by atoms with E-state index < -0.39 is 48.4 Å². The van der Waals surface area contributed by atoms with Crippen LogP contribution in [0.3, 0.4) is 0 Å². The van der Waals surface area contributed by atoms with Crippen LogP contribution >= 0.6 is 0 Å². The van der Waals surface area contributed by atoms with Crippen molar-refractivity contribution in [1.29, 1.82) is 0 Å².